The maximum absolute atomic E-state index is 8.46. The quantitative estimate of drug-likeness (QED) is 0.326. The molecule has 0 aromatic rings. The van der Waals surface area contributed by atoms with Crippen molar-refractivity contribution < 1.29 is 10.2 Å². The maximum Gasteiger partial charge on any atom is 0.195 e. The standard InChI is InChI=1S/C5H10N2O2/c1-7-4(2-3-6)5(8)9/h2-3,5,8-9H,6H2,1H3. The van der Waals surface area contributed by atoms with Gasteiger partial charge < -0.3 is 15.9 Å². The van der Waals surface area contributed by atoms with Gasteiger partial charge in [0.15, 0.2) is 6.29 Å². The summed E-state index contributed by atoms with van der Waals surface area (Å²) in [6.45, 7) is 0. The van der Waals surface area contributed by atoms with E-state index in [-0.39, 0.29) is 5.71 Å². The predicted molar refractivity (Wildman–Crippen MR) is 34.9 cm³/mol. The summed E-state index contributed by atoms with van der Waals surface area (Å²) in [7, 11) is 1.45. The van der Waals surface area contributed by atoms with Crippen LogP contribution in [0.1, 0.15) is 0 Å². The third kappa shape index (κ3) is 2.84. The van der Waals surface area contributed by atoms with Crippen molar-refractivity contribution in [2.45, 2.75) is 6.29 Å². The molecule has 0 heterocycles. The van der Waals surface area contributed by atoms with Crippen molar-refractivity contribution in [2.75, 3.05) is 7.05 Å². The highest BCUT2D eigenvalue weighted by atomic mass is 16.5. The summed E-state index contributed by atoms with van der Waals surface area (Å²) in [5, 5.41) is 16.9. The second kappa shape index (κ2) is 4.05. The molecule has 0 aromatic heterocycles. The molecule has 52 valence electrons. The molecule has 0 radical (unpaired) electrons. The lowest BCUT2D eigenvalue weighted by Gasteiger charge is -1.99. The van der Waals surface area contributed by atoms with Crippen molar-refractivity contribution in [1.82, 2.24) is 0 Å². The zero-order valence-electron chi connectivity index (χ0n) is 5.15. The van der Waals surface area contributed by atoms with Crippen molar-refractivity contribution in [3.05, 3.63) is 12.3 Å². The first-order chi connectivity index (χ1) is 4.22. The van der Waals surface area contributed by atoms with Crippen LogP contribution in [0.2, 0.25) is 0 Å². The Labute approximate surface area is 53.3 Å². The van der Waals surface area contributed by atoms with Gasteiger partial charge in [-0.15, -0.1) is 0 Å². The van der Waals surface area contributed by atoms with Crippen LogP contribution in [0, 0.1) is 0 Å². The number of aliphatic imine (C=N–C) groups is 1. The van der Waals surface area contributed by atoms with Gasteiger partial charge in [0.2, 0.25) is 0 Å². The van der Waals surface area contributed by atoms with Gasteiger partial charge >= 0.3 is 0 Å². The normalized spacial score (nSPS) is 13.6. The molecule has 0 bridgehead atoms. The van der Waals surface area contributed by atoms with Crippen molar-refractivity contribution in [3.8, 4) is 0 Å². The van der Waals surface area contributed by atoms with E-state index >= 15 is 0 Å². The fourth-order valence-corrected chi connectivity index (χ4v) is 0.375. The van der Waals surface area contributed by atoms with Gasteiger partial charge in [-0.05, 0) is 12.3 Å². The Kier molecular flexibility index (Phi) is 3.66. The van der Waals surface area contributed by atoms with Crippen LogP contribution >= 0.6 is 0 Å². The summed E-state index contributed by atoms with van der Waals surface area (Å²) >= 11 is 0. The largest absolute Gasteiger partial charge is 0.405 e. The van der Waals surface area contributed by atoms with Gasteiger partial charge in [0.1, 0.15) is 0 Å². The SMILES string of the molecule is CN=C(C=CN)C(O)O. The number of rotatable bonds is 2. The average Bonchev–Trinajstić information content (AvgIpc) is 1.82. The number of aliphatic hydroxyl groups is 2. The Bertz CT molecular complexity index is 129. The van der Waals surface area contributed by atoms with E-state index in [0.717, 1.165) is 0 Å². The van der Waals surface area contributed by atoms with Gasteiger partial charge in [-0.3, -0.25) is 4.99 Å². The molecule has 0 aliphatic rings. The Morgan fingerprint density at radius 3 is 2.33 bits per heavy atom. The molecule has 0 fully saturated rings. The molecular formula is C5H10N2O2. The number of aliphatic hydroxyl groups excluding tert-OH is 1. The molecule has 0 aliphatic heterocycles. The van der Waals surface area contributed by atoms with E-state index in [0.29, 0.717) is 0 Å². The monoisotopic (exact) mass is 130 g/mol. The Morgan fingerprint density at radius 1 is 1.67 bits per heavy atom. The average molecular weight is 130 g/mol. The molecule has 0 saturated heterocycles. The molecule has 0 rings (SSSR count). The van der Waals surface area contributed by atoms with Crippen LogP contribution < -0.4 is 5.73 Å². The third-order valence-corrected chi connectivity index (χ3v) is 0.790. The molecule has 0 amide bonds. The summed E-state index contributed by atoms with van der Waals surface area (Å²) in [5.74, 6) is 0. The summed E-state index contributed by atoms with van der Waals surface area (Å²) in [5.41, 5.74) is 5.11. The van der Waals surface area contributed by atoms with E-state index in [1.807, 2.05) is 0 Å². The molecular weight excluding hydrogens is 120 g/mol. The first-order valence-corrected chi connectivity index (χ1v) is 2.43. The number of hydrogen-bond donors (Lipinski definition) is 3. The van der Waals surface area contributed by atoms with Crippen LogP contribution in [0.5, 0.6) is 0 Å². The van der Waals surface area contributed by atoms with Gasteiger partial charge in [0.05, 0.1) is 5.71 Å². The zero-order chi connectivity index (χ0) is 7.28. The smallest absolute Gasteiger partial charge is 0.195 e. The lowest BCUT2D eigenvalue weighted by Crippen LogP contribution is -2.17. The Morgan fingerprint density at radius 2 is 2.22 bits per heavy atom. The summed E-state index contributed by atoms with van der Waals surface area (Å²) in [6.07, 6.45) is 0.988. The van der Waals surface area contributed by atoms with Crippen LogP contribution in [0.4, 0.5) is 0 Å². The van der Waals surface area contributed by atoms with Crippen LogP contribution in [-0.2, 0) is 0 Å². The molecule has 0 spiro atoms. The number of nitrogens with zero attached hydrogens (tertiary/aromatic N) is 1. The van der Waals surface area contributed by atoms with Crippen molar-refractivity contribution in [1.29, 1.82) is 0 Å². The topological polar surface area (TPSA) is 78.8 Å². The fourth-order valence-electron chi connectivity index (χ4n) is 0.375. The van der Waals surface area contributed by atoms with Crippen molar-refractivity contribution >= 4 is 5.71 Å². The second-order valence-corrected chi connectivity index (χ2v) is 1.38. The van der Waals surface area contributed by atoms with E-state index < -0.39 is 6.29 Å². The van der Waals surface area contributed by atoms with Crippen molar-refractivity contribution in [2.24, 2.45) is 10.7 Å². The minimum atomic E-state index is -1.53. The predicted octanol–water partition coefficient (Wildman–Crippen LogP) is -1.16. The lowest BCUT2D eigenvalue weighted by atomic mass is 10.3. The molecule has 4 heteroatoms. The fraction of sp³-hybridized carbons (Fsp3) is 0.400. The van der Waals surface area contributed by atoms with E-state index in [1.54, 1.807) is 0 Å². The summed E-state index contributed by atoms with van der Waals surface area (Å²) in [4.78, 5) is 3.53. The molecule has 9 heavy (non-hydrogen) atoms. The zero-order valence-corrected chi connectivity index (χ0v) is 5.15. The number of hydrogen-bond acceptors (Lipinski definition) is 4. The Balaban J connectivity index is 4.01. The molecule has 4 nitrogen and oxygen atoms in total. The van der Waals surface area contributed by atoms with Crippen molar-refractivity contribution in [3.63, 3.8) is 0 Å². The van der Waals surface area contributed by atoms with Gasteiger partial charge in [-0.2, -0.15) is 0 Å². The molecule has 0 unspecified atom stereocenters. The number of nitrogens with two attached hydrogens (primary N) is 1. The van der Waals surface area contributed by atoms with Gasteiger partial charge in [0.25, 0.3) is 0 Å². The van der Waals surface area contributed by atoms with E-state index in [1.165, 1.54) is 19.3 Å². The summed E-state index contributed by atoms with van der Waals surface area (Å²) < 4.78 is 0. The van der Waals surface area contributed by atoms with Gasteiger partial charge in [-0.25, -0.2) is 0 Å². The first-order valence-electron chi connectivity index (χ1n) is 2.43. The van der Waals surface area contributed by atoms with Crippen LogP contribution in [0.25, 0.3) is 0 Å². The third-order valence-electron chi connectivity index (χ3n) is 0.790. The van der Waals surface area contributed by atoms with Crippen LogP contribution in [-0.4, -0.2) is 29.3 Å². The molecule has 0 aromatic carbocycles. The Hall–Kier alpha value is -0.870. The molecule has 4 N–H and O–H groups in total. The van der Waals surface area contributed by atoms with Crippen LogP contribution in [0.3, 0.4) is 0 Å². The second-order valence-electron chi connectivity index (χ2n) is 1.38. The van der Waals surface area contributed by atoms with E-state index in [4.69, 9.17) is 15.9 Å². The molecule has 0 saturated carbocycles. The molecule has 0 atom stereocenters. The van der Waals surface area contributed by atoms with Crippen LogP contribution in [0.15, 0.2) is 17.3 Å². The summed E-state index contributed by atoms with van der Waals surface area (Å²) in [6, 6.07) is 0. The minimum Gasteiger partial charge on any atom is -0.405 e. The first kappa shape index (κ1) is 8.13. The molecule has 0 aliphatic carbocycles. The highest BCUT2D eigenvalue weighted by Gasteiger charge is 2.00. The van der Waals surface area contributed by atoms with E-state index in [2.05, 4.69) is 4.99 Å². The highest BCUT2D eigenvalue weighted by molar-refractivity contribution is 5.97. The van der Waals surface area contributed by atoms with Gasteiger partial charge in [0, 0.05) is 7.05 Å². The maximum atomic E-state index is 8.46. The van der Waals surface area contributed by atoms with Gasteiger partial charge in [-0.1, -0.05) is 0 Å². The minimum absolute atomic E-state index is 0.150. The lowest BCUT2D eigenvalue weighted by molar-refractivity contribution is 0.0204. The van der Waals surface area contributed by atoms with E-state index in [9.17, 15) is 0 Å². The highest BCUT2D eigenvalue weighted by Crippen LogP contribution is 1.84.